The van der Waals surface area contributed by atoms with Crippen LogP contribution in [0, 0.1) is 11.6 Å². The summed E-state index contributed by atoms with van der Waals surface area (Å²) in [6.07, 6.45) is 0. The first-order valence-electron chi connectivity index (χ1n) is 3.99. The Kier molecular flexibility index (Phi) is 3.83. The zero-order valence-electron chi connectivity index (χ0n) is 7.74. The Morgan fingerprint density at radius 3 is 2.50 bits per heavy atom. The first kappa shape index (κ1) is 12.4. The molecule has 0 bridgehead atoms. The van der Waals surface area contributed by atoms with Crippen molar-refractivity contribution in [1.29, 1.82) is 0 Å². The third-order valence-corrected chi connectivity index (χ3v) is 1.84. The molecular formula is C9H6F2O4S. The van der Waals surface area contributed by atoms with Crippen molar-refractivity contribution in [3.8, 4) is 5.75 Å². The number of esters is 1. The summed E-state index contributed by atoms with van der Waals surface area (Å²) in [5.74, 6) is -5.92. The number of aromatic carboxylic acids is 1. The van der Waals surface area contributed by atoms with E-state index in [-0.39, 0.29) is 5.75 Å². The molecule has 1 N–H and O–H groups in total. The van der Waals surface area contributed by atoms with Gasteiger partial charge in [0.15, 0.2) is 5.75 Å². The number of benzene rings is 1. The minimum atomic E-state index is -1.65. The number of carbonyl (C=O) groups excluding carboxylic acids is 1. The largest absolute Gasteiger partial charge is 0.477 e. The van der Waals surface area contributed by atoms with Crippen LogP contribution in [-0.4, -0.2) is 22.8 Å². The van der Waals surface area contributed by atoms with Crippen molar-refractivity contribution in [2.75, 3.05) is 5.75 Å². The molecule has 4 nitrogen and oxygen atoms in total. The van der Waals surface area contributed by atoms with Crippen molar-refractivity contribution < 1.29 is 28.2 Å². The van der Waals surface area contributed by atoms with Crippen LogP contribution in [0.4, 0.5) is 8.78 Å². The number of halogens is 2. The van der Waals surface area contributed by atoms with Crippen LogP contribution in [-0.2, 0) is 4.79 Å². The maximum atomic E-state index is 13.1. The van der Waals surface area contributed by atoms with E-state index < -0.39 is 34.9 Å². The molecule has 0 radical (unpaired) electrons. The second-order valence-electron chi connectivity index (χ2n) is 2.70. The van der Waals surface area contributed by atoms with Crippen molar-refractivity contribution in [3.63, 3.8) is 0 Å². The summed E-state index contributed by atoms with van der Waals surface area (Å²) in [6, 6.07) is 1.01. The van der Waals surface area contributed by atoms with Crippen LogP contribution in [0.3, 0.4) is 0 Å². The van der Waals surface area contributed by atoms with Crippen LogP contribution in [0.1, 0.15) is 10.4 Å². The highest BCUT2D eigenvalue weighted by Crippen LogP contribution is 2.23. The Labute approximate surface area is 94.2 Å². The number of hydrogen-bond acceptors (Lipinski definition) is 4. The third kappa shape index (κ3) is 2.69. The van der Waals surface area contributed by atoms with Gasteiger partial charge in [-0.25, -0.2) is 13.6 Å². The number of carboxylic acids is 1. The molecule has 0 aliphatic carbocycles. The van der Waals surface area contributed by atoms with Gasteiger partial charge in [0, 0.05) is 12.1 Å². The SMILES string of the molecule is O=C(CS)Oc1cc(F)cc(F)c1C(=O)O. The number of carboxylic acid groups (broad SMARTS) is 1. The molecule has 0 aliphatic rings. The first-order chi connectivity index (χ1) is 7.45. The van der Waals surface area contributed by atoms with Crippen LogP contribution in [0.15, 0.2) is 12.1 Å². The van der Waals surface area contributed by atoms with E-state index in [9.17, 15) is 18.4 Å². The van der Waals surface area contributed by atoms with Gasteiger partial charge >= 0.3 is 11.9 Å². The van der Waals surface area contributed by atoms with E-state index in [1.807, 2.05) is 0 Å². The highest BCUT2D eigenvalue weighted by molar-refractivity contribution is 7.81. The molecule has 0 atom stereocenters. The van der Waals surface area contributed by atoms with Crippen molar-refractivity contribution in [3.05, 3.63) is 29.3 Å². The Morgan fingerprint density at radius 1 is 1.38 bits per heavy atom. The molecule has 0 amide bonds. The van der Waals surface area contributed by atoms with E-state index >= 15 is 0 Å². The Hall–Kier alpha value is -1.63. The van der Waals surface area contributed by atoms with Crippen molar-refractivity contribution in [2.24, 2.45) is 0 Å². The fourth-order valence-corrected chi connectivity index (χ4v) is 1.06. The molecule has 0 spiro atoms. The molecule has 16 heavy (non-hydrogen) atoms. The van der Waals surface area contributed by atoms with Crippen LogP contribution in [0.2, 0.25) is 0 Å². The van der Waals surface area contributed by atoms with Gasteiger partial charge in [-0.1, -0.05) is 0 Å². The van der Waals surface area contributed by atoms with Crippen LogP contribution >= 0.6 is 12.6 Å². The molecule has 1 rings (SSSR count). The lowest BCUT2D eigenvalue weighted by atomic mass is 10.2. The first-order valence-corrected chi connectivity index (χ1v) is 4.63. The number of hydrogen-bond donors (Lipinski definition) is 2. The Balaban J connectivity index is 3.24. The van der Waals surface area contributed by atoms with E-state index in [0.717, 1.165) is 0 Å². The summed E-state index contributed by atoms with van der Waals surface area (Å²) < 4.78 is 30.3. The molecule has 0 unspecified atom stereocenters. The van der Waals surface area contributed by atoms with Gasteiger partial charge in [-0.2, -0.15) is 12.6 Å². The summed E-state index contributed by atoms with van der Waals surface area (Å²) in [6.45, 7) is 0. The monoisotopic (exact) mass is 248 g/mol. The summed E-state index contributed by atoms with van der Waals surface area (Å²) in [7, 11) is 0. The summed E-state index contributed by atoms with van der Waals surface area (Å²) in [5.41, 5.74) is -0.892. The van der Waals surface area contributed by atoms with Gasteiger partial charge in [-0.15, -0.1) is 0 Å². The van der Waals surface area contributed by atoms with Gasteiger partial charge in [-0.3, -0.25) is 4.79 Å². The zero-order valence-corrected chi connectivity index (χ0v) is 8.63. The molecule has 1 aromatic carbocycles. The highest BCUT2D eigenvalue weighted by atomic mass is 32.1. The van der Waals surface area contributed by atoms with E-state index in [4.69, 9.17) is 5.11 Å². The smallest absolute Gasteiger partial charge is 0.342 e. The highest BCUT2D eigenvalue weighted by Gasteiger charge is 2.20. The van der Waals surface area contributed by atoms with Crippen molar-refractivity contribution in [2.45, 2.75) is 0 Å². The fourth-order valence-electron chi connectivity index (χ4n) is 0.993. The number of thiol groups is 1. The Bertz CT molecular complexity index is 447. The second-order valence-corrected chi connectivity index (χ2v) is 3.01. The van der Waals surface area contributed by atoms with Crippen molar-refractivity contribution in [1.82, 2.24) is 0 Å². The average molecular weight is 248 g/mol. The van der Waals surface area contributed by atoms with Gasteiger partial charge < -0.3 is 9.84 Å². The van der Waals surface area contributed by atoms with Crippen molar-refractivity contribution >= 4 is 24.6 Å². The summed E-state index contributed by atoms with van der Waals surface area (Å²) in [5, 5.41) is 8.65. The molecule has 0 fully saturated rings. The molecule has 1 aromatic rings. The molecule has 0 saturated carbocycles. The van der Waals surface area contributed by atoms with E-state index in [1.54, 1.807) is 0 Å². The van der Waals surface area contributed by atoms with Crippen LogP contribution < -0.4 is 4.74 Å². The third-order valence-electron chi connectivity index (χ3n) is 1.59. The summed E-state index contributed by atoms with van der Waals surface area (Å²) in [4.78, 5) is 21.5. The lowest BCUT2D eigenvalue weighted by molar-refractivity contribution is -0.131. The molecule has 86 valence electrons. The predicted octanol–water partition coefficient (Wildman–Crippen LogP) is 1.50. The Morgan fingerprint density at radius 2 is 2.00 bits per heavy atom. The number of carbonyl (C=O) groups is 2. The van der Waals surface area contributed by atoms with Gasteiger partial charge in [0.1, 0.15) is 17.2 Å². The summed E-state index contributed by atoms with van der Waals surface area (Å²) >= 11 is 3.57. The van der Waals surface area contributed by atoms with E-state index in [0.29, 0.717) is 12.1 Å². The number of ether oxygens (including phenoxy) is 1. The van der Waals surface area contributed by atoms with E-state index in [2.05, 4.69) is 17.4 Å². The quantitative estimate of drug-likeness (QED) is 0.483. The standard InChI is InChI=1S/C9H6F2O4S/c10-4-1-5(11)8(9(13)14)6(2-4)15-7(12)3-16/h1-2,16H,3H2,(H,13,14). The van der Waals surface area contributed by atoms with E-state index in [1.165, 1.54) is 0 Å². The maximum absolute atomic E-state index is 13.1. The average Bonchev–Trinajstić information content (AvgIpc) is 2.15. The van der Waals surface area contributed by atoms with Gasteiger partial charge in [0.2, 0.25) is 0 Å². The molecule has 7 heteroatoms. The molecule has 0 aliphatic heterocycles. The van der Waals surface area contributed by atoms with Gasteiger partial charge in [0.05, 0.1) is 5.75 Å². The maximum Gasteiger partial charge on any atom is 0.342 e. The molecule has 0 heterocycles. The minimum absolute atomic E-state index is 0.336. The van der Waals surface area contributed by atoms with Crippen LogP contribution in [0.5, 0.6) is 5.75 Å². The second kappa shape index (κ2) is 4.93. The zero-order chi connectivity index (χ0) is 12.3. The normalized spacial score (nSPS) is 9.94. The van der Waals surface area contributed by atoms with Gasteiger partial charge in [0.25, 0.3) is 0 Å². The molecular weight excluding hydrogens is 242 g/mol. The number of rotatable bonds is 3. The lowest BCUT2D eigenvalue weighted by Gasteiger charge is -2.07. The van der Waals surface area contributed by atoms with Crippen LogP contribution in [0.25, 0.3) is 0 Å². The topological polar surface area (TPSA) is 63.6 Å². The lowest BCUT2D eigenvalue weighted by Crippen LogP contribution is -2.13. The molecule has 0 saturated heterocycles. The minimum Gasteiger partial charge on any atom is -0.477 e. The molecule has 0 aromatic heterocycles. The fraction of sp³-hybridized carbons (Fsp3) is 0.111. The van der Waals surface area contributed by atoms with Gasteiger partial charge in [-0.05, 0) is 0 Å². The predicted molar refractivity (Wildman–Crippen MR) is 52.8 cm³/mol.